The van der Waals surface area contributed by atoms with Crippen LogP contribution in [0.25, 0.3) is 0 Å². The first-order valence-electron chi connectivity index (χ1n) is 10.4. The number of ether oxygens (including phenoxy) is 1. The Morgan fingerprint density at radius 2 is 1.70 bits per heavy atom. The normalized spacial score (nSPS) is 21.0. The second-order valence-electron chi connectivity index (χ2n) is 7.96. The van der Waals surface area contributed by atoms with Crippen LogP contribution in [0.4, 0.5) is 8.78 Å². The van der Waals surface area contributed by atoms with Gasteiger partial charge in [-0.15, -0.1) is 0 Å². The molecule has 0 N–H and O–H groups in total. The average Bonchev–Trinajstić information content (AvgIpc) is 2.75. The van der Waals surface area contributed by atoms with Crippen LogP contribution in [0.2, 0.25) is 0 Å². The summed E-state index contributed by atoms with van der Waals surface area (Å²) in [6.07, 6.45) is 0.103. The van der Waals surface area contributed by atoms with Gasteiger partial charge in [-0.2, -0.15) is 0 Å². The van der Waals surface area contributed by atoms with Crippen molar-refractivity contribution in [2.75, 3.05) is 52.4 Å². The lowest BCUT2D eigenvalue weighted by atomic mass is 10.1. The third-order valence-electron chi connectivity index (χ3n) is 5.73. The number of hydrogen-bond donors (Lipinski definition) is 0. The Balaban J connectivity index is 1.24. The molecule has 2 aromatic rings. The molecule has 2 aromatic carbocycles. The number of halogens is 2. The van der Waals surface area contributed by atoms with Crippen molar-refractivity contribution in [3.05, 3.63) is 71.3 Å². The predicted molar refractivity (Wildman–Crippen MR) is 110 cm³/mol. The van der Waals surface area contributed by atoms with E-state index < -0.39 is 0 Å². The maximum atomic E-state index is 13.4. The molecule has 0 aliphatic carbocycles. The molecule has 160 valence electrons. The van der Waals surface area contributed by atoms with E-state index in [0.717, 1.165) is 44.8 Å². The topological polar surface area (TPSA) is 36.0 Å². The Hall–Kier alpha value is -2.35. The van der Waals surface area contributed by atoms with Crippen LogP contribution in [-0.2, 0) is 11.3 Å². The number of benzene rings is 2. The second kappa shape index (κ2) is 9.64. The first kappa shape index (κ1) is 20.9. The van der Waals surface area contributed by atoms with Gasteiger partial charge >= 0.3 is 0 Å². The van der Waals surface area contributed by atoms with E-state index in [9.17, 15) is 13.6 Å². The Morgan fingerprint density at radius 3 is 2.43 bits per heavy atom. The van der Waals surface area contributed by atoms with Crippen molar-refractivity contribution in [2.45, 2.75) is 12.6 Å². The van der Waals surface area contributed by atoms with Crippen LogP contribution >= 0.6 is 0 Å². The van der Waals surface area contributed by atoms with Crippen LogP contribution in [0.1, 0.15) is 15.9 Å². The molecule has 1 amide bonds. The van der Waals surface area contributed by atoms with E-state index in [0.29, 0.717) is 25.3 Å². The fraction of sp³-hybridized carbons (Fsp3) is 0.435. The molecule has 7 heteroatoms. The fourth-order valence-electron chi connectivity index (χ4n) is 4.12. The SMILES string of the molecule is O=C(c1ccc(F)cc1)N1CCN(CC2CN(Cc3cccc(F)c3)CCO2)CC1. The highest BCUT2D eigenvalue weighted by atomic mass is 19.1. The summed E-state index contributed by atoms with van der Waals surface area (Å²) in [5, 5.41) is 0. The number of carbonyl (C=O) groups excluding carboxylic acids is 1. The van der Waals surface area contributed by atoms with Crippen molar-refractivity contribution in [1.29, 1.82) is 0 Å². The van der Waals surface area contributed by atoms with Crippen LogP contribution in [-0.4, -0.2) is 79.1 Å². The third kappa shape index (κ3) is 5.41. The number of hydrogen-bond acceptors (Lipinski definition) is 4. The Kier molecular flexibility index (Phi) is 6.72. The van der Waals surface area contributed by atoms with Gasteiger partial charge in [-0.05, 0) is 42.0 Å². The van der Waals surface area contributed by atoms with Gasteiger partial charge in [0.1, 0.15) is 11.6 Å². The van der Waals surface area contributed by atoms with Gasteiger partial charge in [-0.1, -0.05) is 12.1 Å². The van der Waals surface area contributed by atoms with E-state index in [1.807, 2.05) is 11.0 Å². The minimum Gasteiger partial charge on any atom is -0.374 e. The van der Waals surface area contributed by atoms with E-state index in [-0.39, 0.29) is 23.6 Å². The Morgan fingerprint density at radius 1 is 0.933 bits per heavy atom. The number of piperazine rings is 1. The van der Waals surface area contributed by atoms with Crippen LogP contribution < -0.4 is 0 Å². The number of amides is 1. The summed E-state index contributed by atoms with van der Waals surface area (Å²) in [4.78, 5) is 19.0. The summed E-state index contributed by atoms with van der Waals surface area (Å²) in [6, 6.07) is 12.5. The van der Waals surface area contributed by atoms with Crippen LogP contribution in [0.15, 0.2) is 48.5 Å². The van der Waals surface area contributed by atoms with Crippen molar-refractivity contribution < 1.29 is 18.3 Å². The summed E-state index contributed by atoms with van der Waals surface area (Å²) in [6.45, 7) is 6.73. The zero-order chi connectivity index (χ0) is 20.9. The molecule has 2 aliphatic rings. The summed E-state index contributed by atoms with van der Waals surface area (Å²) >= 11 is 0. The molecule has 5 nitrogen and oxygen atoms in total. The quantitative estimate of drug-likeness (QED) is 0.752. The monoisotopic (exact) mass is 415 g/mol. The lowest BCUT2D eigenvalue weighted by Crippen LogP contribution is -2.53. The number of morpholine rings is 1. The molecule has 4 rings (SSSR count). The van der Waals surface area contributed by atoms with Crippen LogP contribution in [0, 0.1) is 11.6 Å². The van der Waals surface area contributed by atoms with Gasteiger partial charge in [-0.3, -0.25) is 14.6 Å². The van der Waals surface area contributed by atoms with Crippen molar-refractivity contribution in [2.24, 2.45) is 0 Å². The highest BCUT2D eigenvalue weighted by molar-refractivity contribution is 5.94. The molecule has 2 saturated heterocycles. The average molecular weight is 415 g/mol. The van der Waals surface area contributed by atoms with Gasteiger partial charge in [0.05, 0.1) is 12.7 Å². The van der Waals surface area contributed by atoms with Crippen molar-refractivity contribution in [3.8, 4) is 0 Å². The van der Waals surface area contributed by atoms with Crippen molar-refractivity contribution in [1.82, 2.24) is 14.7 Å². The zero-order valence-corrected chi connectivity index (χ0v) is 17.0. The maximum Gasteiger partial charge on any atom is 0.253 e. The second-order valence-corrected chi connectivity index (χ2v) is 7.96. The standard InChI is InChI=1S/C23H27F2N3O2/c24-20-6-4-19(5-7-20)23(29)28-10-8-26(9-11-28)16-22-17-27(12-13-30-22)15-18-2-1-3-21(25)14-18/h1-7,14,22H,8-13,15-17H2. The van der Waals surface area contributed by atoms with Crippen molar-refractivity contribution >= 4 is 5.91 Å². The molecule has 2 heterocycles. The summed E-state index contributed by atoms with van der Waals surface area (Å²) < 4.78 is 32.5. The van der Waals surface area contributed by atoms with Crippen LogP contribution in [0.3, 0.4) is 0 Å². The van der Waals surface area contributed by atoms with E-state index in [4.69, 9.17) is 4.74 Å². The van der Waals surface area contributed by atoms with Gasteiger partial charge in [0.2, 0.25) is 0 Å². The van der Waals surface area contributed by atoms with E-state index in [1.165, 1.54) is 30.3 Å². The number of nitrogens with zero attached hydrogens (tertiary/aromatic N) is 3. The Labute approximate surface area is 175 Å². The molecule has 0 aromatic heterocycles. The van der Waals surface area contributed by atoms with Crippen molar-refractivity contribution in [3.63, 3.8) is 0 Å². The molecule has 0 radical (unpaired) electrons. The highest BCUT2D eigenvalue weighted by Gasteiger charge is 2.27. The molecule has 0 spiro atoms. The Bertz CT molecular complexity index is 854. The smallest absolute Gasteiger partial charge is 0.253 e. The van der Waals surface area contributed by atoms with Gasteiger partial charge in [0.25, 0.3) is 5.91 Å². The molecular formula is C23H27F2N3O2. The molecular weight excluding hydrogens is 388 g/mol. The lowest BCUT2D eigenvalue weighted by Gasteiger charge is -2.39. The molecule has 0 bridgehead atoms. The maximum absolute atomic E-state index is 13.4. The first-order chi connectivity index (χ1) is 14.6. The molecule has 30 heavy (non-hydrogen) atoms. The van der Waals surface area contributed by atoms with E-state index in [2.05, 4.69) is 9.80 Å². The molecule has 1 unspecified atom stereocenters. The zero-order valence-electron chi connectivity index (χ0n) is 17.0. The molecule has 2 aliphatic heterocycles. The van der Waals surface area contributed by atoms with Gasteiger partial charge in [0, 0.05) is 57.9 Å². The largest absolute Gasteiger partial charge is 0.374 e. The summed E-state index contributed by atoms with van der Waals surface area (Å²) in [5.74, 6) is -0.592. The van der Waals surface area contributed by atoms with Crippen LogP contribution in [0.5, 0.6) is 0 Å². The van der Waals surface area contributed by atoms with Gasteiger partial charge < -0.3 is 9.64 Å². The molecule has 2 fully saturated rings. The van der Waals surface area contributed by atoms with E-state index >= 15 is 0 Å². The van der Waals surface area contributed by atoms with E-state index in [1.54, 1.807) is 12.1 Å². The fourth-order valence-corrected chi connectivity index (χ4v) is 4.12. The highest BCUT2D eigenvalue weighted by Crippen LogP contribution is 2.15. The summed E-state index contributed by atoms with van der Waals surface area (Å²) in [5.41, 5.74) is 1.50. The first-order valence-corrected chi connectivity index (χ1v) is 10.4. The lowest BCUT2D eigenvalue weighted by molar-refractivity contribution is -0.0497. The predicted octanol–water partition coefficient (Wildman–Crippen LogP) is 2.62. The minimum absolute atomic E-state index is 0.0511. The van der Waals surface area contributed by atoms with Gasteiger partial charge in [0.15, 0.2) is 0 Å². The van der Waals surface area contributed by atoms with Gasteiger partial charge in [-0.25, -0.2) is 8.78 Å². The number of carbonyl (C=O) groups is 1. The third-order valence-corrected chi connectivity index (χ3v) is 5.73. The molecule has 1 atom stereocenters. The molecule has 0 saturated carbocycles. The minimum atomic E-state index is -0.338. The number of rotatable bonds is 5. The summed E-state index contributed by atoms with van der Waals surface area (Å²) in [7, 11) is 0.